The van der Waals surface area contributed by atoms with E-state index in [-0.39, 0.29) is 0 Å². The number of pyridine rings is 1. The molecule has 4 heterocycles. The Morgan fingerprint density at radius 2 is 1.93 bits per heavy atom. The Labute approximate surface area is 237 Å². The van der Waals surface area contributed by atoms with Crippen LogP contribution in [0, 0.1) is 5.92 Å². The van der Waals surface area contributed by atoms with Crippen LogP contribution in [-0.4, -0.2) is 38.2 Å². The van der Waals surface area contributed by atoms with Gasteiger partial charge in [0.25, 0.3) is 0 Å². The number of para-hydroxylation sites is 1. The normalized spacial score (nSPS) is 16.4. The predicted molar refractivity (Wildman–Crippen MR) is 165 cm³/mol. The first-order valence-corrected chi connectivity index (χ1v) is 15.0. The molecule has 7 rings (SSSR count). The van der Waals surface area contributed by atoms with Gasteiger partial charge in [0.05, 0.1) is 22.2 Å². The van der Waals surface area contributed by atoms with Gasteiger partial charge in [-0.15, -0.1) is 11.3 Å². The van der Waals surface area contributed by atoms with Crippen LogP contribution in [0.5, 0.6) is 0 Å². The van der Waals surface area contributed by atoms with Gasteiger partial charge in [-0.2, -0.15) is 5.10 Å². The lowest BCUT2D eigenvalue weighted by Crippen LogP contribution is -2.23. The molecule has 0 atom stereocenters. The van der Waals surface area contributed by atoms with Gasteiger partial charge in [-0.25, -0.2) is 9.97 Å². The number of hydrogen-bond donors (Lipinski definition) is 4. The van der Waals surface area contributed by atoms with Crippen molar-refractivity contribution in [2.45, 2.75) is 38.5 Å². The molecule has 2 fully saturated rings. The third-order valence-corrected chi connectivity index (χ3v) is 8.82. The minimum atomic E-state index is 0.694. The zero-order valence-electron chi connectivity index (χ0n) is 22.4. The second-order valence-corrected chi connectivity index (χ2v) is 11.8. The highest BCUT2D eigenvalue weighted by atomic mass is 32.1. The summed E-state index contributed by atoms with van der Waals surface area (Å²) in [5.41, 5.74) is 16.0. The number of fused-ring (bicyclic) bond motifs is 2. The van der Waals surface area contributed by atoms with Crippen molar-refractivity contribution in [3.05, 3.63) is 83.0 Å². The molecule has 0 bridgehead atoms. The summed E-state index contributed by atoms with van der Waals surface area (Å²) in [4.78, 5) is 14.7. The van der Waals surface area contributed by atoms with Crippen LogP contribution in [0.15, 0.2) is 77.3 Å². The van der Waals surface area contributed by atoms with Crippen LogP contribution in [0.2, 0.25) is 0 Å². The lowest BCUT2D eigenvalue weighted by Gasteiger charge is -2.12. The molecule has 2 aliphatic rings. The third-order valence-electron chi connectivity index (χ3n) is 7.91. The van der Waals surface area contributed by atoms with E-state index in [1.807, 2.05) is 18.2 Å². The first-order valence-electron chi connectivity index (χ1n) is 14.2. The zero-order chi connectivity index (χ0) is 26.9. The molecule has 0 unspecified atom stereocenters. The summed E-state index contributed by atoms with van der Waals surface area (Å²) in [7, 11) is 0. The molecular weight excluding hydrogens is 514 g/mol. The number of nitrogens with one attached hydrogen (secondary N) is 3. The fourth-order valence-electron chi connectivity index (χ4n) is 5.66. The van der Waals surface area contributed by atoms with Crippen LogP contribution in [0.3, 0.4) is 0 Å². The summed E-state index contributed by atoms with van der Waals surface area (Å²) in [5.74, 6) is 1.50. The van der Waals surface area contributed by atoms with Gasteiger partial charge in [0.2, 0.25) is 0 Å². The highest BCUT2D eigenvalue weighted by Crippen LogP contribution is 2.34. The minimum absolute atomic E-state index is 0.694. The van der Waals surface area contributed by atoms with Crippen molar-refractivity contribution in [3.63, 3.8) is 0 Å². The SMILES string of the molecule is N/C=C(\C=C(/C=C1CC1)CNCC1CCCC1)c1ccc2[nH]nc(-c3nc4c(-c5cccs5)cccc4[nH]3)c2n1. The molecule has 40 heavy (non-hydrogen) atoms. The van der Waals surface area contributed by atoms with Crippen molar-refractivity contribution < 1.29 is 0 Å². The fourth-order valence-corrected chi connectivity index (χ4v) is 6.42. The molecule has 0 spiro atoms. The Bertz CT molecular complexity index is 1740. The van der Waals surface area contributed by atoms with Crippen LogP contribution in [0.25, 0.3) is 49.6 Å². The molecule has 4 aromatic heterocycles. The number of imidazole rings is 1. The van der Waals surface area contributed by atoms with E-state index in [4.69, 9.17) is 15.7 Å². The maximum Gasteiger partial charge on any atom is 0.161 e. The summed E-state index contributed by atoms with van der Waals surface area (Å²) >= 11 is 1.71. The number of H-pyrrole nitrogens is 2. The summed E-state index contributed by atoms with van der Waals surface area (Å²) in [5, 5.41) is 13.5. The van der Waals surface area contributed by atoms with Crippen LogP contribution in [-0.2, 0) is 0 Å². The fraction of sp³-hybridized carbons (Fsp3) is 0.281. The first kappa shape index (κ1) is 25.0. The van der Waals surface area contributed by atoms with E-state index in [0.29, 0.717) is 11.5 Å². The first-order chi connectivity index (χ1) is 19.7. The molecule has 202 valence electrons. The van der Waals surface area contributed by atoms with E-state index < -0.39 is 0 Å². The molecule has 0 aliphatic heterocycles. The smallest absolute Gasteiger partial charge is 0.161 e. The second-order valence-electron chi connectivity index (χ2n) is 10.9. The molecular formula is C32H33N7S. The highest BCUT2D eigenvalue weighted by molar-refractivity contribution is 7.13. The van der Waals surface area contributed by atoms with E-state index in [1.54, 1.807) is 17.5 Å². The van der Waals surface area contributed by atoms with E-state index in [2.05, 4.69) is 62.3 Å². The topological polar surface area (TPSA) is 108 Å². The number of allylic oxidation sites excluding steroid dienone is 3. The van der Waals surface area contributed by atoms with Gasteiger partial charge < -0.3 is 16.0 Å². The molecule has 5 aromatic rings. The second kappa shape index (κ2) is 10.9. The number of aromatic nitrogens is 5. The van der Waals surface area contributed by atoms with Crippen molar-refractivity contribution in [1.29, 1.82) is 0 Å². The minimum Gasteiger partial charge on any atom is -0.404 e. The third kappa shape index (κ3) is 5.12. The Kier molecular flexibility index (Phi) is 6.79. The molecule has 2 saturated carbocycles. The highest BCUT2D eigenvalue weighted by Gasteiger charge is 2.18. The average Bonchev–Trinajstić information content (AvgIpc) is 3.48. The molecule has 0 amide bonds. The standard InChI is InChI=1S/C32H33N7S/c33-17-23(16-22(15-20-10-11-20)19-34-18-21-5-1-2-6-21)25-12-13-27-30(35-25)31(39-38-27)32-36-26-8-3-7-24(29(26)37-32)28-9-4-14-40-28/h3-4,7-9,12-17,21,34H,1-2,5-6,10-11,18-19,33H2,(H,36,37)(H,38,39)/b22-16+,23-17+. The molecule has 8 heteroatoms. The Morgan fingerprint density at radius 3 is 2.73 bits per heavy atom. The van der Waals surface area contributed by atoms with E-state index in [1.165, 1.54) is 54.5 Å². The monoisotopic (exact) mass is 547 g/mol. The summed E-state index contributed by atoms with van der Waals surface area (Å²) < 4.78 is 0. The van der Waals surface area contributed by atoms with Crippen molar-refractivity contribution in [3.8, 4) is 22.0 Å². The number of benzene rings is 1. The van der Waals surface area contributed by atoms with Crippen LogP contribution < -0.4 is 11.1 Å². The van der Waals surface area contributed by atoms with Gasteiger partial charge in [0.15, 0.2) is 11.5 Å². The van der Waals surface area contributed by atoms with Gasteiger partial charge in [-0.05, 0) is 79.4 Å². The largest absolute Gasteiger partial charge is 0.404 e. The van der Waals surface area contributed by atoms with Crippen LogP contribution in [0.4, 0.5) is 0 Å². The Balaban J connectivity index is 1.20. The van der Waals surface area contributed by atoms with Crippen LogP contribution in [0.1, 0.15) is 44.2 Å². The Hall–Kier alpha value is -4.01. The molecule has 1 aromatic carbocycles. The maximum atomic E-state index is 6.18. The van der Waals surface area contributed by atoms with E-state index in [0.717, 1.165) is 57.9 Å². The van der Waals surface area contributed by atoms with Gasteiger partial charge in [0.1, 0.15) is 5.52 Å². The van der Waals surface area contributed by atoms with Gasteiger partial charge >= 0.3 is 0 Å². The molecule has 5 N–H and O–H groups in total. The summed E-state index contributed by atoms with van der Waals surface area (Å²) in [6.07, 6.45) is 14.0. The molecule has 7 nitrogen and oxygen atoms in total. The number of hydrogen-bond acceptors (Lipinski definition) is 6. The molecule has 0 saturated heterocycles. The number of thiophene rings is 1. The van der Waals surface area contributed by atoms with Crippen molar-refractivity contribution in [2.24, 2.45) is 11.7 Å². The van der Waals surface area contributed by atoms with Crippen LogP contribution >= 0.6 is 11.3 Å². The predicted octanol–water partition coefficient (Wildman–Crippen LogP) is 6.96. The van der Waals surface area contributed by atoms with Crippen molar-refractivity contribution in [1.82, 2.24) is 30.5 Å². The quantitative estimate of drug-likeness (QED) is 0.149. The lowest BCUT2D eigenvalue weighted by molar-refractivity contribution is 0.503. The lowest BCUT2D eigenvalue weighted by atomic mass is 10.1. The number of rotatable bonds is 9. The van der Waals surface area contributed by atoms with E-state index >= 15 is 0 Å². The zero-order valence-corrected chi connectivity index (χ0v) is 23.2. The summed E-state index contributed by atoms with van der Waals surface area (Å²) in [6, 6.07) is 14.4. The average molecular weight is 548 g/mol. The van der Waals surface area contributed by atoms with E-state index in [9.17, 15) is 0 Å². The Morgan fingerprint density at radius 1 is 1.02 bits per heavy atom. The molecule has 0 radical (unpaired) electrons. The number of nitrogens with zero attached hydrogens (tertiary/aromatic N) is 3. The molecule has 2 aliphatic carbocycles. The maximum absolute atomic E-state index is 6.18. The van der Waals surface area contributed by atoms with Crippen molar-refractivity contribution in [2.75, 3.05) is 13.1 Å². The summed E-state index contributed by atoms with van der Waals surface area (Å²) in [6.45, 7) is 1.92. The number of aromatic amines is 2. The van der Waals surface area contributed by atoms with Gasteiger partial charge in [-0.3, -0.25) is 5.10 Å². The van der Waals surface area contributed by atoms with Gasteiger partial charge in [-0.1, -0.05) is 42.7 Å². The number of nitrogens with two attached hydrogens (primary N) is 1. The van der Waals surface area contributed by atoms with Crippen molar-refractivity contribution >= 4 is 39.0 Å². The van der Waals surface area contributed by atoms with Gasteiger partial charge in [0, 0.05) is 28.8 Å².